The number of para-hydroxylation sites is 1. The quantitative estimate of drug-likeness (QED) is 0.506. The molecule has 0 bridgehead atoms. The molecule has 0 aliphatic heterocycles. The molecule has 2 rings (SSSR count). The van der Waals surface area contributed by atoms with Gasteiger partial charge in [0.1, 0.15) is 5.75 Å². The van der Waals surface area contributed by atoms with Gasteiger partial charge < -0.3 is 10.5 Å². The van der Waals surface area contributed by atoms with E-state index in [9.17, 15) is 0 Å². The Labute approximate surface area is 136 Å². The average molecular weight is 314 g/mol. The van der Waals surface area contributed by atoms with E-state index in [0.717, 1.165) is 22.8 Å². The Hall–Kier alpha value is -1.94. The topological polar surface area (TPSA) is 47.6 Å². The van der Waals surface area contributed by atoms with E-state index in [1.165, 1.54) is 22.9 Å². The number of nitrogens with zero attached hydrogens (tertiary/aromatic N) is 1. The summed E-state index contributed by atoms with van der Waals surface area (Å²) in [6.07, 6.45) is 0. The van der Waals surface area contributed by atoms with Gasteiger partial charge in [0.05, 0.1) is 12.3 Å². The lowest BCUT2D eigenvalue weighted by molar-refractivity contribution is 0.342. The number of thioether (sulfide) groups is 1. The van der Waals surface area contributed by atoms with Crippen molar-refractivity contribution >= 4 is 22.6 Å². The highest BCUT2D eigenvalue weighted by molar-refractivity contribution is 8.13. The zero-order valence-electron chi connectivity index (χ0n) is 13.3. The average Bonchev–Trinajstić information content (AvgIpc) is 2.44. The lowest BCUT2D eigenvalue weighted by Crippen LogP contribution is -2.10. The highest BCUT2D eigenvalue weighted by Crippen LogP contribution is 2.19. The van der Waals surface area contributed by atoms with Gasteiger partial charge in [0.25, 0.3) is 0 Å². The predicted octanol–water partition coefficient (Wildman–Crippen LogP) is 4.37. The van der Waals surface area contributed by atoms with Crippen molar-refractivity contribution in [1.82, 2.24) is 0 Å². The van der Waals surface area contributed by atoms with E-state index in [1.54, 1.807) is 0 Å². The third-order valence-corrected chi connectivity index (χ3v) is 3.89. The van der Waals surface area contributed by atoms with Gasteiger partial charge in [-0.15, -0.1) is 0 Å². The van der Waals surface area contributed by atoms with Crippen molar-refractivity contribution in [3.8, 4) is 5.75 Å². The molecular formula is C18H22N2OS. The van der Waals surface area contributed by atoms with Crippen LogP contribution in [0.3, 0.4) is 0 Å². The van der Waals surface area contributed by atoms with E-state index in [2.05, 4.69) is 24.9 Å². The summed E-state index contributed by atoms with van der Waals surface area (Å²) in [5, 5.41) is 0.568. The molecular weight excluding hydrogens is 292 g/mol. The highest BCUT2D eigenvalue weighted by atomic mass is 32.2. The van der Waals surface area contributed by atoms with Crippen LogP contribution in [-0.4, -0.2) is 17.5 Å². The molecule has 0 saturated heterocycles. The minimum atomic E-state index is 0.568. The Kier molecular flexibility index (Phi) is 5.90. The number of aryl methyl sites for hydroxylation is 3. The summed E-state index contributed by atoms with van der Waals surface area (Å²) < 4.78 is 5.74. The maximum absolute atomic E-state index is 5.97. The van der Waals surface area contributed by atoms with Gasteiger partial charge in [0.2, 0.25) is 0 Å². The Balaban J connectivity index is 1.83. The predicted molar refractivity (Wildman–Crippen MR) is 96.3 cm³/mol. The van der Waals surface area contributed by atoms with Crippen molar-refractivity contribution in [3.05, 3.63) is 59.2 Å². The number of nitrogens with two attached hydrogens (primary N) is 1. The van der Waals surface area contributed by atoms with Crippen LogP contribution in [0.25, 0.3) is 0 Å². The van der Waals surface area contributed by atoms with Crippen LogP contribution < -0.4 is 10.5 Å². The van der Waals surface area contributed by atoms with E-state index in [4.69, 9.17) is 10.5 Å². The Bertz CT molecular complexity index is 648. The molecule has 0 fully saturated rings. The summed E-state index contributed by atoms with van der Waals surface area (Å²) >= 11 is 1.51. The van der Waals surface area contributed by atoms with Crippen LogP contribution in [0.4, 0.5) is 5.69 Å². The molecule has 0 aliphatic rings. The van der Waals surface area contributed by atoms with E-state index < -0.39 is 0 Å². The second-order valence-corrected chi connectivity index (χ2v) is 6.37. The molecule has 0 amide bonds. The molecule has 2 aromatic carbocycles. The monoisotopic (exact) mass is 314 g/mol. The van der Waals surface area contributed by atoms with Gasteiger partial charge in [-0.3, -0.25) is 0 Å². The summed E-state index contributed by atoms with van der Waals surface area (Å²) in [4.78, 5) is 4.44. The van der Waals surface area contributed by atoms with Crippen LogP contribution >= 0.6 is 11.8 Å². The fourth-order valence-electron chi connectivity index (χ4n) is 2.19. The summed E-state index contributed by atoms with van der Waals surface area (Å²) in [6, 6.07) is 14.2. The maximum Gasteiger partial charge on any atom is 0.159 e. The molecule has 2 aromatic rings. The van der Waals surface area contributed by atoms with Crippen LogP contribution in [0.5, 0.6) is 5.75 Å². The largest absolute Gasteiger partial charge is 0.492 e. The molecule has 0 aliphatic carbocycles. The molecule has 0 aromatic heterocycles. The second-order valence-electron chi connectivity index (χ2n) is 5.26. The number of benzene rings is 2. The first-order chi connectivity index (χ1) is 10.5. The maximum atomic E-state index is 5.97. The number of aliphatic imine (C=N–C) groups is 1. The Morgan fingerprint density at radius 3 is 2.45 bits per heavy atom. The van der Waals surface area contributed by atoms with E-state index >= 15 is 0 Å². The number of hydrogen-bond acceptors (Lipinski definition) is 3. The van der Waals surface area contributed by atoms with Crippen molar-refractivity contribution in [2.45, 2.75) is 20.8 Å². The summed E-state index contributed by atoms with van der Waals surface area (Å²) in [5.41, 5.74) is 10.4. The Morgan fingerprint density at radius 2 is 1.77 bits per heavy atom. The fourth-order valence-corrected chi connectivity index (χ4v) is 2.74. The molecule has 0 saturated carbocycles. The standard InChI is InChI=1S/C18H22N2OS/c1-13-10-14(2)12-16(11-13)20-18(19)22-9-8-21-17-7-5-4-6-15(17)3/h4-7,10-12H,8-9H2,1-3H3,(H2,19,20). The molecule has 22 heavy (non-hydrogen) atoms. The summed E-state index contributed by atoms with van der Waals surface area (Å²) in [7, 11) is 0. The van der Waals surface area contributed by atoms with E-state index in [-0.39, 0.29) is 0 Å². The smallest absolute Gasteiger partial charge is 0.159 e. The second kappa shape index (κ2) is 7.90. The minimum absolute atomic E-state index is 0.568. The zero-order chi connectivity index (χ0) is 15.9. The van der Waals surface area contributed by atoms with Crippen LogP contribution in [0.2, 0.25) is 0 Å². The van der Waals surface area contributed by atoms with E-state index in [0.29, 0.717) is 11.8 Å². The van der Waals surface area contributed by atoms with Gasteiger partial charge in [-0.25, -0.2) is 4.99 Å². The number of hydrogen-bond donors (Lipinski definition) is 1. The van der Waals surface area contributed by atoms with Gasteiger partial charge in [0, 0.05) is 5.75 Å². The van der Waals surface area contributed by atoms with Gasteiger partial charge in [-0.2, -0.15) is 0 Å². The molecule has 116 valence electrons. The van der Waals surface area contributed by atoms with Crippen molar-refractivity contribution in [2.75, 3.05) is 12.4 Å². The van der Waals surface area contributed by atoms with Crippen LogP contribution in [0, 0.1) is 20.8 Å². The fraction of sp³-hybridized carbons (Fsp3) is 0.278. The lowest BCUT2D eigenvalue weighted by Gasteiger charge is -2.08. The summed E-state index contributed by atoms with van der Waals surface area (Å²) in [6.45, 7) is 6.77. The van der Waals surface area contributed by atoms with Gasteiger partial charge in [-0.05, 0) is 55.7 Å². The van der Waals surface area contributed by atoms with Crippen LogP contribution in [0.1, 0.15) is 16.7 Å². The number of amidine groups is 1. The van der Waals surface area contributed by atoms with Crippen LogP contribution in [-0.2, 0) is 0 Å². The molecule has 0 radical (unpaired) electrons. The molecule has 3 nitrogen and oxygen atoms in total. The zero-order valence-corrected chi connectivity index (χ0v) is 14.1. The SMILES string of the molecule is Cc1cc(C)cc(N=C(N)SCCOc2ccccc2C)c1. The van der Waals surface area contributed by atoms with Crippen molar-refractivity contribution < 1.29 is 4.74 Å². The van der Waals surface area contributed by atoms with Gasteiger partial charge in [-0.1, -0.05) is 36.0 Å². The lowest BCUT2D eigenvalue weighted by atomic mass is 10.1. The third-order valence-electron chi connectivity index (χ3n) is 3.13. The molecule has 2 N–H and O–H groups in total. The molecule has 0 heterocycles. The number of ether oxygens (including phenoxy) is 1. The molecule has 0 atom stereocenters. The third kappa shape index (κ3) is 5.11. The number of rotatable bonds is 5. The molecule has 0 unspecified atom stereocenters. The highest BCUT2D eigenvalue weighted by Gasteiger charge is 2.00. The molecule has 0 spiro atoms. The summed E-state index contributed by atoms with van der Waals surface area (Å²) in [5.74, 6) is 1.70. The first kappa shape index (κ1) is 16.4. The van der Waals surface area contributed by atoms with E-state index in [1.807, 2.05) is 43.3 Å². The molecule has 4 heteroatoms. The minimum Gasteiger partial charge on any atom is -0.492 e. The van der Waals surface area contributed by atoms with Crippen LogP contribution in [0.15, 0.2) is 47.5 Å². The normalized spacial score (nSPS) is 11.5. The van der Waals surface area contributed by atoms with Gasteiger partial charge in [0.15, 0.2) is 5.17 Å². The van der Waals surface area contributed by atoms with Gasteiger partial charge >= 0.3 is 0 Å². The van der Waals surface area contributed by atoms with Crippen molar-refractivity contribution in [3.63, 3.8) is 0 Å². The van der Waals surface area contributed by atoms with Crippen molar-refractivity contribution in [1.29, 1.82) is 0 Å². The Morgan fingerprint density at radius 1 is 1.09 bits per heavy atom. The first-order valence-corrected chi connectivity index (χ1v) is 8.27. The first-order valence-electron chi connectivity index (χ1n) is 7.28. The van der Waals surface area contributed by atoms with Crippen molar-refractivity contribution in [2.24, 2.45) is 10.7 Å².